The van der Waals surface area contributed by atoms with Gasteiger partial charge in [-0.1, -0.05) is 41.6 Å². The predicted octanol–water partition coefficient (Wildman–Crippen LogP) is 5.73. The largest absolute Gasteiger partial charge is 0.326 e. The predicted molar refractivity (Wildman–Crippen MR) is 128 cm³/mol. The maximum absolute atomic E-state index is 12.3. The molecule has 0 fully saturated rings. The Morgan fingerprint density at radius 2 is 1.87 bits per heavy atom. The van der Waals surface area contributed by atoms with Gasteiger partial charge >= 0.3 is 0 Å². The van der Waals surface area contributed by atoms with Gasteiger partial charge in [0.1, 0.15) is 5.01 Å². The first-order chi connectivity index (χ1) is 15.0. The number of rotatable bonds is 7. The molecule has 0 spiro atoms. The first kappa shape index (κ1) is 21.3. The van der Waals surface area contributed by atoms with Crippen molar-refractivity contribution in [2.24, 2.45) is 0 Å². The fourth-order valence-electron chi connectivity index (χ4n) is 3.17. The zero-order chi connectivity index (χ0) is 21.8. The summed E-state index contributed by atoms with van der Waals surface area (Å²) in [6, 6.07) is 14.2. The second-order valence-electron chi connectivity index (χ2n) is 7.48. The number of nitrogens with zero attached hydrogens (tertiary/aromatic N) is 3. The first-order valence-corrected chi connectivity index (χ1v) is 11.9. The van der Waals surface area contributed by atoms with Crippen LogP contribution in [0.1, 0.15) is 27.4 Å². The highest BCUT2D eigenvalue weighted by Gasteiger charge is 2.12. The lowest BCUT2D eigenvalue weighted by atomic mass is 10.1. The van der Waals surface area contributed by atoms with E-state index in [1.54, 1.807) is 11.8 Å². The van der Waals surface area contributed by atoms with Crippen molar-refractivity contribution in [2.45, 2.75) is 38.1 Å². The lowest BCUT2D eigenvalue weighted by molar-refractivity contribution is -0.115. The zero-order valence-corrected chi connectivity index (χ0v) is 19.4. The van der Waals surface area contributed by atoms with Crippen LogP contribution in [0.15, 0.2) is 65.4 Å². The van der Waals surface area contributed by atoms with Gasteiger partial charge < -0.3 is 5.32 Å². The minimum absolute atomic E-state index is 0.0529. The molecule has 4 aromatic rings. The molecule has 7 heteroatoms. The molecule has 0 atom stereocenters. The highest BCUT2D eigenvalue weighted by molar-refractivity contribution is 7.98. The van der Waals surface area contributed by atoms with Gasteiger partial charge in [0.2, 0.25) is 5.91 Å². The van der Waals surface area contributed by atoms with Crippen LogP contribution in [0.3, 0.4) is 0 Å². The summed E-state index contributed by atoms with van der Waals surface area (Å²) in [5, 5.41) is 6.69. The third-order valence-corrected chi connectivity index (χ3v) is 6.72. The summed E-state index contributed by atoms with van der Waals surface area (Å²) in [5.74, 6) is 0.653. The van der Waals surface area contributed by atoms with Crippen molar-refractivity contribution in [2.75, 3.05) is 5.32 Å². The second kappa shape index (κ2) is 9.49. The third kappa shape index (κ3) is 5.42. The van der Waals surface area contributed by atoms with E-state index in [0.717, 1.165) is 27.2 Å². The Morgan fingerprint density at radius 1 is 1.10 bits per heavy atom. The molecule has 1 amide bonds. The second-order valence-corrected chi connectivity index (χ2v) is 9.37. The molecule has 0 saturated carbocycles. The molecule has 2 aromatic carbocycles. The maximum atomic E-state index is 12.3. The average Bonchev–Trinajstić information content (AvgIpc) is 3.39. The summed E-state index contributed by atoms with van der Waals surface area (Å²) in [6.07, 6.45) is 4.10. The molecule has 2 heterocycles. The number of aryl methyl sites for hydroxylation is 3. The molecule has 2 aromatic heterocycles. The Bertz CT molecular complexity index is 1190. The number of hydrogen-bond donors (Lipinski definition) is 1. The van der Waals surface area contributed by atoms with Gasteiger partial charge in [0.25, 0.3) is 0 Å². The van der Waals surface area contributed by atoms with Crippen LogP contribution in [-0.2, 0) is 17.0 Å². The van der Waals surface area contributed by atoms with Gasteiger partial charge in [-0.05, 0) is 50.1 Å². The van der Waals surface area contributed by atoms with Crippen molar-refractivity contribution in [3.8, 4) is 5.69 Å². The van der Waals surface area contributed by atoms with Crippen molar-refractivity contribution >= 4 is 34.7 Å². The Balaban J connectivity index is 1.37. The van der Waals surface area contributed by atoms with Crippen LogP contribution >= 0.6 is 23.1 Å². The first-order valence-electron chi connectivity index (χ1n) is 10.0. The van der Waals surface area contributed by atoms with Crippen LogP contribution in [0.2, 0.25) is 0 Å². The van der Waals surface area contributed by atoms with Gasteiger partial charge in [-0.3, -0.25) is 9.36 Å². The van der Waals surface area contributed by atoms with Crippen molar-refractivity contribution in [1.82, 2.24) is 14.5 Å². The van der Waals surface area contributed by atoms with Gasteiger partial charge in [0.05, 0.1) is 17.8 Å². The summed E-state index contributed by atoms with van der Waals surface area (Å²) in [4.78, 5) is 21.5. The molecule has 0 unspecified atom stereocenters. The molecular weight excluding hydrogens is 424 g/mol. The zero-order valence-electron chi connectivity index (χ0n) is 17.8. The summed E-state index contributed by atoms with van der Waals surface area (Å²) in [7, 11) is 0. The van der Waals surface area contributed by atoms with E-state index in [0.29, 0.717) is 5.75 Å². The number of thioether (sulfide) groups is 1. The number of hydrogen-bond acceptors (Lipinski definition) is 5. The molecule has 1 N–H and O–H groups in total. The van der Waals surface area contributed by atoms with Gasteiger partial charge in [0, 0.05) is 29.2 Å². The van der Waals surface area contributed by atoms with Crippen LogP contribution < -0.4 is 5.32 Å². The van der Waals surface area contributed by atoms with E-state index in [4.69, 9.17) is 0 Å². The molecule has 0 radical (unpaired) electrons. The average molecular weight is 449 g/mol. The van der Waals surface area contributed by atoms with E-state index in [1.165, 1.54) is 28.0 Å². The number of nitrogens with one attached hydrogen (secondary N) is 1. The Kier molecular flexibility index (Phi) is 6.53. The third-order valence-electron chi connectivity index (χ3n) is 4.83. The van der Waals surface area contributed by atoms with Crippen LogP contribution in [0.25, 0.3) is 5.69 Å². The van der Waals surface area contributed by atoms with Crippen LogP contribution in [0.5, 0.6) is 0 Å². The van der Waals surface area contributed by atoms with Crippen molar-refractivity contribution < 1.29 is 4.79 Å². The van der Waals surface area contributed by atoms with E-state index < -0.39 is 0 Å². The molecule has 0 aliphatic heterocycles. The van der Waals surface area contributed by atoms with E-state index in [1.807, 2.05) is 49.0 Å². The van der Waals surface area contributed by atoms with Crippen molar-refractivity contribution in [3.05, 3.63) is 87.6 Å². The van der Waals surface area contributed by atoms with E-state index in [-0.39, 0.29) is 12.3 Å². The van der Waals surface area contributed by atoms with Gasteiger partial charge in [0.15, 0.2) is 5.16 Å². The fourth-order valence-corrected chi connectivity index (χ4v) is 4.93. The van der Waals surface area contributed by atoms with E-state index in [9.17, 15) is 4.79 Å². The van der Waals surface area contributed by atoms with Crippen LogP contribution in [-0.4, -0.2) is 20.4 Å². The van der Waals surface area contributed by atoms with Crippen LogP contribution in [0.4, 0.5) is 5.69 Å². The van der Waals surface area contributed by atoms with Crippen molar-refractivity contribution in [3.63, 3.8) is 0 Å². The van der Waals surface area contributed by atoms with E-state index in [2.05, 4.69) is 51.9 Å². The normalized spacial score (nSPS) is 10.9. The smallest absolute Gasteiger partial charge is 0.231 e. The minimum atomic E-state index is -0.0529. The van der Waals surface area contributed by atoms with E-state index >= 15 is 0 Å². The summed E-state index contributed by atoms with van der Waals surface area (Å²) >= 11 is 3.17. The molecule has 0 aliphatic carbocycles. The molecule has 5 nitrogen and oxygen atoms in total. The highest BCUT2D eigenvalue weighted by Crippen LogP contribution is 2.27. The molecule has 0 bridgehead atoms. The maximum Gasteiger partial charge on any atom is 0.231 e. The number of benzene rings is 2. The van der Waals surface area contributed by atoms with Crippen molar-refractivity contribution in [1.29, 1.82) is 0 Å². The number of carbonyl (C=O) groups excluding carboxylic acids is 1. The number of carbonyl (C=O) groups is 1. The number of amides is 1. The summed E-state index contributed by atoms with van der Waals surface area (Å²) in [6.45, 7) is 6.23. The summed E-state index contributed by atoms with van der Waals surface area (Å²) < 4.78 is 2.12. The lowest BCUT2D eigenvalue weighted by Crippen LogP contribution is -2.14. The number of thiazole rings is 1. The van der Waals surface area contributed by atoms with Gasteiger partial charge in [-0.25, -0.2) is 9.97 Å². The monoisotopic (exact) mass is 448 g/mol. The quantitative estimate of drug-likeness (QED) is 0.367. The Morgan fingerprint density at radius 3 is 2.68 bits per heavy atom. The topological polar surface area (TPSA) is 59.8 Å². The SMILES string of the molecule is Cc1ccc(NC(=O)Cc2nc(CSc3nccn3-c3cc(C)ccc3C)cs2)cc1. The number of anilines is 1. The van der Waals surface area contributed by atoms with Gasteiger partial charge in [-0.15, -0.1) is 11.3 Å². The number of aromatic nitrogens is 3. The standard InChI is InChI=1S/C24H24N4OS2/c1-16-5-8-19(9-6-16)26-22(29)13-23-27-20(14-30-23)15-31-24-25-10-11-28(24)21-12-17(2)4-7-18(21)3/h4-12,14H,13,15H2,1-3H3,(H,26,29). The van der Waals surface area contributed by atoms with Gasteiger partial charge in [-0.2, -0.15) is 0 Å². The lowest BCUT2D eigenvalue weighted by Gasteiger charge is -2.11. The molecule has 0 saturated heterocycles. The molecule has 31 heavy (non-hydrogen) atoms. The molecule has 0 aliphatic rings. The highest BCUT2D eigenvalue weighted by atomic mass is 32.2. The Labute approximate surface area is 190 Å². The van der Waals surface area contributed by atoms with Crippen LogP contribution in [0, 0.1) is 20.8 Å². The Hall–Kier alpha value is -2.90. The molecule has 158 valence electrons. The fraction of sp³-hybridized carbons (Fsp3) is 0.208. The minimum Gasteiger partial charge on any atom is -0.326 e. The molecule has 4 rings (SSSR count). The molecular formula is C24H24N4OS2. The summed E-state index contributed by atoms with van der Waals surface area (Å²) in [5.41, 5.74) is 6.51. The number of imidazole rings is 1.